The van der Waals surface area contributed by atoms with Crippen LogP contribution in [0.5, 0.6) is 5.75 Å². The third-order valence-corrected chi connectivity index (χ3v) is 4.10. The summed E-state index contributed by atoms with van der Waals surface area (Å²) in [7, 11) is 1.59. The lowest BCUT2D eigenvalue weighted by molar-refractivity contribution is 0.182. The molecule has 2 N–H and O–H groups in total. The Morgan fingerprint density at radius 1 is 1.25 bits per heavy atom. The molecule has 9 nitrogen and oxygen atoms in total. The molecule has 3 heterocycles. The molecule has 1 aliphatic rings. The van der Waals surface area contributed by atoms with Gasteiger partial charge in [-0.15, -0.1) is 5.10 Å². The summed E-state index contributed by atoms with van der Waals surface area (Å²) < 4.78 is 6.67. The lowest BCUT2D eigenvalue weighted by Gasteiger charge is -2.11. The fourth-order valence-corrected chi connectivity index (χ4v) is 2.84. The summed E-state index contributed by atoms with van der Waals surface area (Å²) in [6, 6.07) is 3.77. The fraction of sp³-hybridized carbons (Fsp3) is 0.400. The van der Waals surface area contributed by atoms with Crippen LogP contribution in [0.2, 0.25) is 0 Å². The first-order chi connectivity index (χ1) is 11.7. The minimum atomic E-state index is -0.248. The van der Waals surface area contributed by atoms with Gasteiger partial charge in [0.2, 0.25) is 5.95 Å². The number of aromatic nitrogens is 6. The number of ether oxygens (including phenoxy) is 1. The van der Waals surface area contributed by atoms with Crippen LogP contribution >= 0.6 is 0 Å². The van der Waals surface area contributed by atoms with Crippen molar-refractivity contribution in [3.63, 3.8) is 0 Å². The Hall–Kier alpha value is -2.81. The van der Waals surface area contributed by atoms with Crippen molar-refractivity contribution in [2.75, 3.05) is 12.4 Å². The van der Waals surface area contributed by atoms with Crippen LogP contribution in [0, 0.1) is 0 Å². The second-order valence-corrected chi connectivity index (χ2v) is 5.77. The molecule has 1 aliphatic carbocycles. The summed E-state index contributed by atoms with van der Waals surface area (Å²) in [6.07, 6.45) is 5.40. The molecule has 2 atom stereocenters. The summed E-state index contributed by atoms with van der Waals surface area (Å²) in [5.41, 5.74) is 1.16. The number of hydrogen-bond acceptors (Lipinski definition) is 8. The first-order valence-electron chi connectivity index (χ1n) is 7.76. The Bertz CT molecular complexity index is 849. The van der Waals surface area contributed by atoms with E-state index >= 15 is 0 Å². The van der Waals surface area contributed by atoms with Gasteiger partial charge in [0.25, 0.3) is 0 Å². The van der Waals surface area contributed by atoms with E-state index in [2.05, 4.69) is 30.6 Å². The summed E-state index contributed by atoms with van der Waals surface area (Å²) in [4.78, 5) is 13.1. The molecule has 1 fully saturated rings. The van der Waals surface area contributed by atoms with E-state index in [4.69, 9.17) is 4.74 Å². The quantitative estimate of drug-likeness (QED) is 0.728. The highest BCUT2D eigenvalue weighted by Gasteiger charge is 2.23. The summed E-state index contributed by atoms with van der Waals surface area (Å²) in [5, 5.41) is 21.1. The molecule has 0 saturated heterocycles. The van der Waals surface area contributed by atoms with Crippen molar-refractivity contribution >= 4 is 17.1 Å². The number of anilines is 1. The van der Waals surface area contributed by atoms with E-state index < -0.39 is 0 Å². The van der Waals surface area contributed by atoms with E-state index in [1.54, 1.807) is 36.3 Å². The Kier molecular flexibility index (Phi) is 3.69. The lowest BCUT2D eigenvalue weighted by atomic mass is 10.2. The zero-order valence-electron chi connectivity index (χ0n) is 13.1. The second kappa shape index (κ2) is 6.00. The van der Waals surface area contributed by atoms with Gasteiger partial charge in [-0.05, 0) is 31.4 Å². The molecule has 0 aliphatic heterocycles. The molecular formula is C15H17N7O2. The van der Waals surface area contributed by atoms with Crippen LogP contribution in [0.1, 0.15) is 19.3 Å². The van der Waals surface area contributed by atoms with Gasteiger partial charge in [-0.25, -0.2) is 9.97 Å². The van der Waals surface area contributed by atoms with E-state index in [1.165, 1.54) is 0 Å². The maximum Gasteiger partial charge on any atom is 0.225 e. The Labute approximate surface area is 137 Å². The molecule has 1 saturated carbocycles. The normalized spacial score (nSPS) is 20.4. The molecule has 4 rings (SSSR count). The van der Waals surface area contributed by atoms with Crippen LogP contribution in [-0.4, -0.2) is 54.3 Å². The molecule has 0 aromatic carbocycles. The topological polar surface area (TPSA) is 111 Å². The third-order valence-electron chi connectivity index (χ3n) is 4.10. The van der Waals surface area contributed by atoms with Crippen LogP contribution in [0.4, 0.5) is 5.95 Å². The molecule has 3 aromatic heterocycles. The summed E-state index contributed by atoms with van der Waals surface area (Å²) in [6.45, 7) is 0. The van der Waals surface area contributed by atoms with Gasteiger partial charge in [0.1, 0.15) is 5.75 Å². The predicted molar refractivity (Wildman–Crippen MR) is 86.1 cm³/mol. The van der Waals surface area contributed by atoms with Gasteiger partial charge in [0.05, 0.1) is 25.6 Å². The van der Waals surface area contributed by atoms with Crippen LogP contribution < -0.4 is 10.1 Å². The van der Waals surface area contributed by atoms with E-state index in [0.717, 1.165) is 12.8 Å². The van der Waals surface area contributed by atoms with E-state index in [1.807, 2.05) is 0 Å². The van der Waals surface area contributed by atoms with Gasteiger partial charge >= 0.3 is 0 Å². The molecular weight excluding hydrogens is 310 g/mol. The lowest BCUT2D eigenvalue weighted by Crippen LogP contribution is -2.18. The van der Waals surface area contributed by atoms with E-state index in [9.17, 15) is 5.11 Å². The van der Waals surface area contributed by atoms with Crippen LogP contribution in [-0.2, 0) is 0 Å². The number of pyridine rings is 1. The maximum absolute atomic E-state index is 9.63. The smallest absolute Gasteiger partial charge is 0.225 e. The standard InChI is InChI=1S/C15H17N7O2/c1-24-11-4-5-13(16-7-11)22-14-12(20-21-22)8-17-15(19-14)18-9-2-3-10(23)6-9/h4-5,7-10,23H,2-3,6H2,1H3,(H,17,18,19)/t9-,10-/m1/s1. The van der Waals surface area contributed by atoms with Crippen LogP contribution in [0.3, 0.4) is 0 Å². The second-order valence-electron chi connectivity index (χ2n) is 5.77. The van der Waals surface area contributed by atoms with Crippen molar-refractivity contribution in [3.05, 3.63) is 24.5 Å². The van der Waals surface area contributed by atoms with Gasteiger partial charge in [-0.1, -0.05) is 5.21 Å². The van der Waals surface area contributed by atoms with Crippen LogP contribution in [0.25, 0.3) is 17.0 Å². The monoisotopic (exact) mass is 327 g/mol. The number of methoxy groups -OCH3 is 1. The van der Waals surface area contributed by atoms with Gasteiger partial charge in [0, 0.05) is 6.04 Å². The number of aliphatic hydroxyl groups is 1. The predicted octanol–water partition coefficient (Wildman–Crippen LogP) is 0.939. The van der Waals surface area contributed by atoms with Crippen molar-refractivity contribution in [1.82, 2.24) is 29.9 Å². The molecule has 0 radical (unpaired) electrons. The molecule has 0 bridgehead atoms. The molecule has 3 aromatic rings. The highest BCUT2D eigenvalue weighted by molar-refractivity contribution is 5.71. The molecule has 0 unspecified atom stereocenters. The fourth-order valence-electron chi connectivity index (χ4n) is 2.84. The zero-order valence-corrected chi connectivity index (χ0v) is 13.1. The van der Waals surface area contributed by atoms with Crippen molar-refractivity contribution in [1.29, 1.82) is 0 Å². The Morgan fingerprint density at radius 3 is 2.88 bits per heavy atom. The van der Waals surface area contributed by atoms with E-state index in [0.29, 0.717) is 35.1 Å². The van der Waals surface area contributed by atoms with E-state index in [-0.39, 0.29) is 12.1 Å². The highest BCUT2D eigenvalue weighted by Crippen LogP contribution is 2.22. The number of rotatable bonds is 4. The number of hydrogen-bond donors (Lipinski definition) is 2. The third kappa shape index (κ3) is 2.73. The minimum Gasteiger partial charge on any atom is -0.495 e. The number of nitrogens with zero attached hydrogens (tertiary/aromatic N) is 6. The maximum atomic E-state index is 9.63. The molecule has 24 heavy (non-hydrogen) atoms. The summed E-state index contributed by atoms with van der Waals surface area (Å²) in [5.74, 6) is 1.76. The molecule has 0 amide bonds. The summed E-state index contributed by atoms with van der Waals surface area (Å²) >= 11 is 0. The first-order valence-corrected chi connectivity index (χ1v) is 7.76. The Morgan fingerprint density at radius 2 is 2.17 bits per heavy atom. The molecule has 124 valence electrons. The zero-order chi connectivity index (χ0) is 16.5. The number of fused-ring (bicyclic) bond motifs is 1. The van der Waals surface area contributed by atoms with Crippen molar-refractivity contribution in [2.45, 2.75) is 31.4 Å². The highest BCUT2D eigenvalue weighted by atomic mass is 16.5. The first kappa shape index (κ1) is 14.8. The van der Waals surface area contributed by atoms with Gasteiger partial charge in [-0.2, -0.15) is 9.67 Å². The minimum absolute atomic E-state index is 0.181. The Balaban J connectivity index is 1.65. The van der Waals surface area contributed by atoms with Crippen LogP contribution in [0.15, 0.2) is 24.5 Å². The molecule has 0 spiro atoms. The average Bonchev–Trinajstić information content (AvgIpc) is 3.21. The number of aliphatic hydroxyl groups excluding tert-OH is 1. The van der Waals surface area contributed by atoms with Gasteiger partial charge in [0.15, 0.2) is 17.0 Å². The van der Waals surface area contributed by atoms with Crippen molar-refractivity contribution in [2.24, 2.45) is 0 Å². The average molecular weight is 327 g/mol. The van der Waals surface area contributed by atoms with Gasteiger partial charge in [-0.3, -0.25) is 0 Å². The SMILES string of the molecule is COc1ccc(-n2nnc3cnc(N[C@@H]4CC[C@@H](O)C4)nc32)nc1. The van der Waals surface area contributed by atoms with Crippen molar-refractivity contribution in [3.8, 4) is 11.6 Å². The number of nitrogens with one attached hydrogen (secondary N) is 1. The largest absolute Gasteiger partial charge is 0.495 e. The van der Waals surface area contributed by atoms with Gasteiger partial charge < -0.3 is 15.2 Å². The van der Waals surface area contributed by atoms with Crippen molar-refractivity contribution < 1.29 is 9.84 Å². The molecule has 9 heteroatoms.